The summed E-state index contributed by atoms with van der Waals surface area (Å²) in [6.45, 7) is 2.02. The molecule has 1 saturated heterocycles. The Morgan fingerprint density at radius 3 is 2.75 bits per heavy atom. The number of carbonyl (C=O) groups is 3. The third-order valence-electron chi connectivity index (χ3n) is 2.99. The summed E-state index contributed by atoms with van der Waals surface area (Å²) in [5, 5.41) is 17.0. The Bertz CT molecular complexity index is 561. The first-order valence-electron chi connectivity index (χ1n) is 6.12. The van der Waals surface area contributed by atoms with E-state index in [-0.39, 0.29) is 36.2 Å². The van der Waals surface area contributed by atoms with E-state index in [4.69, 9.17) is 5.11 Å². The van der Waals surface area contributed by atoms with E-state index in [0.717, 1.165) is 5.56 Å². The van der Waals surface area contributed by atoms with Crippen molar-refractivity contribution in [3.8, 4) is 0 Å². The molecular formula is C13H15N3O4. The molecule has 0 bridgehead atoms. The van der Waals surface area contributed by atoms with Gasteiger partial charge in [0.25, 0.3) is 0 Å². The first kappa shape index (κ1) is 14.0. The van der Waals surface area contributed by atoms with Crippen molar-refractivity contribution in [3.05, 3.63) is 29.3 Å². The number of nitrogens with one attached hydrogen (secondary N) is 3. The van der Waals surface area contributed by atoms with Crippen molar-refractivity contribution in [2.45, 2.75) is 13.0 Å². The van der Waals surface area contributed by atoms with Gasteiger partial charge in [0.05, 0.1) is 17.8 Å². The molecule has 1 aliphatic heterocycles. The largest absolute Gasteiger partial charge is 0.478 e. The summed E-state index contributed by atoms with van der Waals surface area (Å²) in [6, 6.07) is 4.19. The zero-order chi connectivity index (χ0) is 14.7. The Kier molecular flexibility index (Phi) is 3.99. The number of amides is 2. The van der Waals surface area contributed by atoms with Gasteiger partial charge in [0, 0.05) is 6.54 Å². The molecule has 1 atom stereocenters. The standard InChI is InChI=1S/C13H15N3O4/c1-7-2-3-9(8(4-7)13(19)20)16-12(18)10-5-15-11(17)6-14-10/h2-4,10,14H,5-6H2,1H3,(H,15,17)(H,16,18)(H,19,20). The third-order valence-corrected chi connectivity index (χ3v) is 2.99. The Labute approximate surface area is 115 Å². The number of hydrogen-bond donors (Lipinski definition) is 4. The number of aromatic carboxylic acids is 1. The number of rotatable bonds is 3. The SMILES string of the molecule is Cc1ccc(NC(=O)C2CNC(=O)CN2)c(C(=O)O)c1. The van der Waals surface area contributed by atoms with Crippen molar-refractivity contribution in [2.75, 3.05) is 18.4 Å². The van der Waals surface area contributed by atoms with Crippen LogP contribution in [-0.2, 0) is 9.59 Å². The molecule has 2 amide bonds. The molecule has 7 heteroatoms. The molecule has 4 N–H and O–H groups in total. The van der Waals surface area contributed by atoms with Crippen molar-refractivity contribution in [1.82, 2.24) is 10.6 Å². The summed E-state index contributed by atoms with van der Waals surface area (Å²) >= 11 is 0. The molecular weight excluding hydrogens is 262 g/mol. The average molecular weight is 277 g/mol. The number of carboxylic acid groups (broad SMARTS) is 1. The third kappa shape index (κ3) is 3.12. The number of carbonyl (C=O) groups excluding carboxylic acids is 2. The minimum absolute atomic E-state index is 0.0400. The van der Waals surface area contributed by atoms with Crippen molar-refractivity contribution in [3.63, 3.8) is 0 Å². The van der Waals surface area contributed by atoms with Crippen LogP contribution in [0.2, 0.25) is 0 Å². The summed E-state index contributed by atoms with van der Waals surface area (Å²) in [7, 11) is 0. The zero-order valence-corrected chi connectivity index (χ0v) is 10.9. The fraction of sp³-hybridized carbons (Fsp3) is 0.308. The lowest BCUT2D eigenvalue weighted by atomic mass is 10.1. The predicted octanol–water partition coefficient (Wildman–Crippen LogP) is -0.280. The summed E-state index contributed by atoms with van der Waals surface area (Å²) in [4.78, 5) is 34.2. The van der Waals surface area contributed by atoms with E-state index in [0.29, 0.717) is 0 Å². The van der Waals surface area contributed by atoms with Crippen LogP contribution in [0.15, 0.2) is 18.2 Å². The fourth-order valence-electron chi connectivity index (χ4n) is 1.92. The molecule has 1 unspecified atom stereocenters. The van der Waals surface area contributed by atoms with Crippen LogP contribution >= 0.6 is 0 Å². The Hall–Kier alpha value is -2.41. The lowest BCUT2D eigenvalue weighted by Gasteiger charge is -2.23. The van der Waals surface area contributed by atoms with Crippen LogP contribution in [0.25, 0.3) is 0 Å². The van der Waals surface area contributed by atoms with Crippen LogP contribution < -0.4 is 16.0 Å². The van der Waals surface area contributed by atoms with Crippen LogP contribution in [0.5, 0.6) is 0 Å². The number of anilines is 1. The van der Waals surface area contributed by atoms with Crippen LogP contribution in [0.3, 0.4) is 0 Å². The maximum atomic E-state index is 12.0. The highest BCUT2D eigenvalue weighted by atomic mass is 16.4. The molecule has 0 radical (unpaired) electrons. The molecule has 1 aromatic rings. The van der Waals surface area contributed by atoms with Crippen molar-refractivity contribution in [2.24, 2.45) is 0 Å². The van der Waals surface area contributed by atoms with Crippen LogP contribution in [0.1, 0.15) is 15.9 Å². The second-order valence-corrected chi connectivity index (χ2v) is 4.58. The van der Waals surface area contributed by atoms with Gasteiger partial charge in [-0.2, -0.15) is 0 Å². The van der Waals surface area contributed by atoms with Gasteiger partial charge < -0.3 is 15.7 Å². The van der Waals surface area contributed by atoms with Gasteiger partial charge in [-0.05, 0) is 19.1 Å². The topological polar surface area (TPSA) is 108 Å². The molecule has 0 spiro atoms. The molecule has 0 aromatic heterocycles. The first-order chi connectivity index (χ1) is 9.47. The zero-order valence-electron chi connectivity index (χ0n) is 10.9. The molecule has 2 rings (SSSR count). The fourth-order valence-corrected chi connectivity index (χ4v) is 1.92. The number of carboxylic acids is 1. The predicted molar refractivity (Wildman–Crippen MR) is 71.6 cm³/mol. The van der Waals surface area contributed by atoms with E-state index in [1.807, 2.05) is 0 Å². The summed E-state index contributed by atoms with van der Waals surface area (Å²) in [6.07, 6.45) is 0. The summed E-state index contributed by atoms with van der Waals surface area (Å²) in [5.74, 6) is -1.65. The van der Waals surface area contributed by atoms with Crippen molar-refractivity contribution < 1.29 is 19.5 Å². The smallest absolute Gasteiger partial charge is 0.337 e. The van der Waals surface area contributed by atoms with Gasteiger partial charge in [0.1, 0.15) is 6.04 Å². The van der Waals surface area contributed by atoms with Gasteiger partial charge in [-0.15, -0.1) is 0 Å². The molecule has 1 fully saturated rings. The van der Waals surface area contributed by atoms with E-state index < -0.39 is 12.0 Å². The second kappa shape index (κ2) is 5.70. The van der Waals surface area contributed by atoms with Gasteiger partial charge in [0.2, 0.25) is 11.8 Å². The van der Waals surface area contributed by atoms with Gasteiger partial charge in [-0.1, -0.05) is 11.6 Å². The monoisotopic (exact) mass is 277 g/mol. The maximum Gasteiger partial charge on any atom is 0.337 e. The van der Waals surface area contributed by atoms with E-state index in [1.165, 1.54) is 6.07 Å². The molecule has 0 saturated carbocycles. The number of hydrogen-bond acceptors (Lipinski definition) is 4. The minimum atomic E-state index is -1.10. The van der Waals surface area contributed by atoms with Crippen molar-refractivity contribution in [1.29, 1.82) is 0 Å². The van der Waals surface area contributed by atoms with E-state index in [1.54, 1.807) is 19.1 Å². The lowest BCUT2D eigenvalue weighted by molar-refractivity contribution is -0.124. The number of benzene rings is 1. The van der Waals surface area contributed by atoms with E-state index >= 15 is 0 Å². The highest BCUT2D eigenvalue weighted by Gasteiger charge is 2.24. The second-order valence-electron chi connectivity index (χ2n) is 4.58. The maximum absolute atomic E-state index is 12.0. The minimum Gasteiger partial charge on any atom is -0.478 e. The van der Waals surface area contributed by atoms with Gasteiger partial charge in [-0.3, -0.25) is 14.9 Å². The Balaban J connectivity index is 2.11. The first-order valence-corrected chi connectivity index (χ1v) is 6.12. The Morgan fingerprint density at radius 2 is 2.15 bits per heavy atom. The highest BCUT2D eigenvalue weighted by Crippen LogP contribution is 2.17. The van der Waals surface area contributed by atoms with Crippen LogP contribution in [0, 0.1) is 6.92 Å². The highest BCUT2D eigenvalue weighted by molar-refractivity contribution is 6.02. The lowest BCUT2D eigenvalue weighted by Crippen LogP contribution is -2.56. The summed E-state index contributed by atoms with van der Waals surface area (Å²) in [5.41, 5.74) is 1.08. The van der Waals surface area contributed by atoms with Crippen LogP contribution in [-0.4, -0.2) is 42.0 Å². The van der Waals surface area contributed by atoms with Gasteiger partial charge >= 0.3 is 5.97 Å². The molecule has 1 aromatic carbocycles. The molecule has 0 aliphatic carbocycles. The average Bonchev–Trinajstić information content (AvgIpc) is 2.41. The molecule has 20 heavy (non-hydrogen) atoms. The normalized spacial score (nSPS) is 18.2. The quantitative estimate of drug-likeness (QED) is 0.608. The van der Waals surface area contributed by atoms with Crippen LogP contribution in [0.4, 0.5) is 5.69 Å². The molecule has 7 nitrogen and oxygen atoms in total. The van der Waals surface area contributed by atoms with Gasteiger partial charge in [-0.25, -0.2) is 4.79 Å². The van der Waals surface area contributed by atoms with Crippen molar-refractivity contribution >= 4 is 23.5 Å². The molecule has 1 heterocycles. The molecule has 1 aliphatic rings. The molecule has 106 valence electrons. The van der Waals surface area contributed by atoms with E-state index in [2.05, 4.69) is 16.0 Å². The van der Waals surface area contributed by atoms with Gasteiger partial charge in [0.15, 0.2) is 0 Å². The Morgan fingerprint density at radius 1 is 1.40 bits per heavy atom. The number of piperazine rings is 1. The van der Waals surface area contributed by atoms with E-state index in [9.17, 15) is 14.4 Å². The summed E-state index contributed by atoms with van der Waals surface area (Å²) < 4.78 is 0. The number of aryl methyl sites for hydroxylation is 1.